The molecule has 2 aromatic carbocycles. The third kappa shape index (κ3) is 7.36. The molecule has 1 fully saturated rings. The topological polar surface area (TPSA) is 93.7 Å². The number of halogens is 2. The van der Waals surface area contributed by atoms with Crippen LogP contribution >= 0.6 is 23.2 Å². The van der Waals surface area contributed by atoms with Gasteiger partial charge in [-0.2, -0.15) is 0 Å². The molecule has 0 saturated carbocycles. The fourth-order valence-corrected chi connectivity index (χ4v) is 4.57. The van der Waals surface area contributed by atoms with Crippen LogP contribution in [0.4, 0.5) is 5.69 Å². The summed E-state index contributed by atoms with van der Waals surface area (Å²) in [6.45, 7) is 1.24. The summed E-state index contributed by atoms with van der Waals surface area (Å²) in [5.74, 6) is 0.314. The van der Waals surface area contributed by atoms with Gasteiger partial charge in [0, 0.05) is 30.3 Å². The van der Waals surface area contributed by atoms with Gasteiger partial charge in [0.25, 0.3) is 0 Å². The summed E-state index contributed by atoms with van der Waals surface area (Å²) < 4.78 is 38.3. The quantitative estimate of drug-likeness (QED) is 0.489. The molecule has 2 N–H and O–H groups in total. The fourth-order valence-electron chi connectivity index (χ4n) is 3.04. The normalized spacial score (nSPS) is 16.3. The van der Waals surface area contributed by atoms with Crippen LogP contribution in [0, 0.1) is 0 Å². The molecule has 1 atom stereocenters. The average molecular weight is 487 g/mol. The third-order valence-corrected chi connectivity index (χ3v) is 6.64. The number of sulfonamides is 1. The molecule has 10 heteroatoms. The Bertz CT molecular complexity index is 993. The number of rotatable bonds is 10. The van der Waals surface area contributed by atoms with E-state index in [4.69, 9.17) is 32.7 Å². The lowest BCUT2D eigenvalue weighted by Gasteiger charge is -2.12. The Morgan fingerprint density at radius 1 is 1.16 bits per heavy atom. The number of hydrogen-bond acceptors (Lipinski definition) is 5. The Morgan fingerprint density at radius 2 is 1.94 bits per heavy atom. The molecular formula is C21H24Cl2N2O5S. The maximum absolute atomic E-state index is 12.4. The van der Waals surface area contributed by atoms with E-state index >= 15 is 0 Å². The van der Waals surface area contributed by atoms with Crippen LogP contribution in [-0.4, -0.2) is 40.2 Å². The Hall–Kier alpha value is -1.84. The van der Waals surface area contributed by atoms with Crippen molar-refractivity contribution in [3.8, 4) is 5.75 Å². The largest absolute Gasteiger partial charge is 0.492 e. The van der Waals surface area contributed by atoms with Gasteiger partial charge in [0.2, 0.25) is 15.9 Å². The first-order valence-corrected chi connectivity index (χ1v) is 12.2. The van der Waals surface area contributed by atoms with Crippen molar-refractivity contribution >= 4 is 44.8 Å². The number of hydrogen-bond donors (Lipinski definition) is 2. The van der Waals surface area contributed by atoms with Crippen LogP contribution in [0.1, 0.15) is 25.7 Å². The van der Waals surface area contributed by atoms with Crippen LogP contribution in [-0.2, 0) is 19.6 Å². The maximum Gasteiger partial charge on any atom is 0.240 e. The van der Waals surface area contributed by atoms with Gasteiger partial charge < -0.3 is 14.8 Å². The Morgan fingerprint density at radius 3 is 2.61 bits per heavy atom. The standard InChI is InChI=1S/C21H24Cl2N2O5S/c22-15-5-10-20(19(23)13-15)30-12-2-4-21(26)25-16-6-8-18(9-7-16)31(27,28)24-14-17-3-1-11-29-17/h5-10,13,17,24H,1-4,11-12,14H2,(H,25,26)/t17-/m1/s1. The second-order valence-corrected chi connectivity index (χ2v) is 9.70. The van der Waals surface area contributed by atoms with Gasteiger partial charge in [-0.25, -0.2) is 13.1 Å². The van der Waals surface area contributed by atoms with Crippen LogP contribution in [0.15, 0.2) is 47.4 Å². The van der Waals surface area contributed by atoms with Crippen LogP contribution in [0.3, 0.4) is 0 Å². The van der Waals surface area contributed by atoms with E-state index in [0.717, 1.165) is 12.8 Å². The average Bonchev–Trinajstić information content (AvgIpc) is 3.25. The Kier molecular flexibility index (Phi) is 8.57. The highest BCUT2D eigenvalue weighted by Crippen LogP contribution is 2.27. The molecule has 1 amide bonds. The predicted molar refractivity (Wildman–Crippen MR) is 120 cm³/mol. The number of amides is 1. The van der Waals surface area contributed by atoms with Crippen molar-refractivity contribution < 1.29 is 22.7 Å². The van der Waals surface area contributed by atoms with E-state index in [1.54, 1.807) is 30.3 Å². The summed E-state index contributed by atoms with van der Waals surface area (Å²) in [5.41, 5.74) is 0.518. The van der Waals surface area contributed by atoms with Gasteiger partial charge in [-0.05, 0) is 61.7 Å². The molecule has 0 aliphatic carbocycles. The van der Waals surface area contributed by atoms with E-state index in [1.807, 2.05) is 0 Å². The highest BCUT2D eigenvalue weighted by molar-refractivity contribution is 7.89. The molecule has 0 aromatic heterocycles. The van der Waals surface area contributed by atoms with Crippen molar-refractivity contribution in [1.82, 2.24) is 4.72 Å². The van der Waals surface area contributed by atoms with Gasteiger partial charge in [0.1, 0.15) is 5.75 Å². The summed E-state index contributed by atoms with van der Waals surface area (Å²) in [4.78, 5) is 12.2. The minimum Gasteiger partial charge on any atom is -0.492 e. The van der Waals surface area contributed by atoms with E-state index in [2.05, 4.69) is 10.0 Å². The van der Waals surface area contributed by atoms with E-state index in [9.17, 15) is 13.2 Å². The molecule has 1 aliphatic heterocycles. The van der Waals surface area contributed by atoms with E-state index in [1.165, 1.54) is 12.1 Å². The van der Waals surface area contributed by atoms with Gasteiger partial charge in [-0.15, -0.1) is 0 Å². The lowest BCUT2D eigenvalue weighted by Crippen LogP contribution is -2.31. The number of carbonyl (C=O) groups excluding carboxylic acids is 1. The van der Waals surface area contributed by atoms with Crippen molar-refractivity contribution in [3.05, 3.63) is 52.5 Å². The number of benzene rings is 2. The first-order valence-electron chi connectivity index (χ1n) is 9.92. The zero-order valence-electron chi connectivity index (χ0n) is 16.8. The number of carbonyl (C=O) groups is 1. The number of nitrogens with one attached hydrogen (secondary N) is 2. The first-order chi connectivity index (χ1) is 14.8. The minimum atomic E-state index is -3.62. The second-order valence-electron chi connectivity index (χ2n) is 7.09. The molecule has 7 nitrogen and oxygen atoms in total. The highest BCUT2D eigenvalue weighted by atomic mass is 35.5. The van der Waals surface area contributed by atoms with Crippen molar-refractivity contribution in [2.45, 2.75) is 36.7 Å². The zero-order chi connectivity index (χ0) is 22.3. The van der Waals surface area contributed by atoms with Crippen molar-refractivity contribution in [2.75, 3.05) is 25.1 Å². The second kappa shape index (κ2) is 11.2. The van der Waals surface area contributed by atoms with Crippen molar-refractivity contribution in [1.29, 1.82) is 0 Å². The Labute approximate surface area is 192 Å². The van der Waals surface area contributed by atoms with Crippen LogP contribution < -0.4 is 14.8 Å². The highest BCUT2D eigenvalue weighted by Gasteiger charge is 2.20. The SMILES string of the molecule is O=C(CCCOc1ccc(Cl)cc1Cl)Nc1ccc(S(=O)(=O)NC[C@H]2CCCO2)cc1. The number of anilines is 1. The fraction of sp³-hybridized carbons (Fsp3) is 0.381. The van der Waals surface area contributed by atoms with E-state index in [-0.39, 0.29) is 29.9 Å². The third-order valence-electron chi connectivity index (χ3n) is 4.67. The molecule has 0 unspecified atom stereocenters. The molecule has 1 saturated heterocycles. The maximum atomic E-state index is 12.4. The zero-order valence-corrected chi connectivity index (χ0v) is 19.1. The summed E-state index contributed by atoms with van der Waals surface area (Å²) >= 11 is 11.9. The molecule has 31 heavy (non-hydrogen) atoms. The summed E-state index contributed by atoms with van der Waals surface area (Å²) in [6.07, 6.45) is 2.46. The van der Waals surface area contributed by atoms with E-state index in [0.29, 0.717) is 41.1 Å². The smallest absolute Gasteiger partial charge is 0.240 e. The lowest BCUT2D eigenvalue weighted by molar-refractivity contribution is -0.116. The lowest BCUT2D eigenvalue weighted by atomic mass is 10.2. The van der Waals surface area contributed by atoms with Crippen molar-refractivity contribution in [2.24, 2.45) is 0 Å². The summed E-state index contributed by atoms with van der Waals surface area (Å²) in [6, 6.07) is 11.0. The molecular weight excluding hydrogens is 463 g/mol. The summed E-state index contributed by atoms with van der Waals surface area (Å²) in [7, 11) is -3.62. The molecule has 3 rings (SSSR count). The Balaban J connectivity index is 1.41. The van der Waals surface area contributed by atoms with Gasteiger partial charge in [0.15, 0.2) is 0 Å². The van der Waals surface area contributed by atoms with Crippen LogP contribution in [0.2, 0.25) is 10.0 Å². The molecule has 0 spiro atoms. The van der Waals surface area contributed by atoms with Gasteiger partial charge in [-0.3, -0.25) is 4.79 Å². The molecule has 1 aliphatic rings. The molecule has 2 aromatic rings. The minimum absolute atomic E-state index is 0.0759. The molecule has 1 heterocycles. The van der Waals surface area contributed by atoms with Gasteiger partial charge >= 0.3 is 0 Å². The predicted octanol–water partition coefficient (Wildman–Crippen LogP) is 4.25. The molecule has 0 bridgehead atoms. The summed E-state index contributed by atoms with van der Waals surface area (Å²) in [5, 5.41) is 3.68. The van der Waals surface area contributed by atoms with Crippen molar-refractivity contribution in [3.63, 3.8) is 0 Å². The molecule has 168 valence electrons. The monoisotopic (exact) mass is 486 g/mol. The molecule has 0 radical (unpaired) electrons. The number of ether oxygens (including phenoxy) is 2. The van der Waals surface area contributed by atoms with Crippen LogP contribution in [0.25, 0.3) is 0 Å². The van der Waals surface area contributed by atoms with Gasteiger partial charge in [-0.1, -0.05) is 23.2 Å². The van der Waals surface area contributed by atoms with E-state index < -0.39 is 10.0 Å². The van der Waals surface area contributed by atoms with Gasteiger partial charge in [0.05, 0.1) is 22.6 Å². The van der Waals surface area contributed by atoms with Crippen LogP contribution in [0.5, 0.6) is 5.75 Å². The first kappa shape index (κ1) is 23.8.